The fraction of sp³-hybridized carbons (Fsp3) is 0.321. The first-order valence-corrected chi connectivity index (χ1v) is 11.3. The summed E-state index contributed by atoms with van der Waals surface area (Å²) in [7, 11) is 0. The van der Waals surface area contributed by atoms with Crippen molar-refractivity contribution in [1.82, 2.24) is 10.3 Å². The summed E-state index contributed by atoms with van der Waals surface area (Å²) in [5, 5.41) is 6.97. The highest BCUT2D eigenvalue weighted by atomic mass is 14.9. The summed E-state index contributed by atoms with van der Waals surface area (Å²) in [6.07, 6.45) is 1.92. The summed E-state index contributed by atoms with van der Waals surface area (Å²) in [4.78, 5) is 4.55. The normalized spacial score (nSPS) is 11.3. The van der Waals surface area contributed by atoms with E-state index >= 15 is 0 Å². The van der Waals surface area contributed by atoms with Crippen LogP contribution in [0.3, 0.4) is 0 Å². The van der Waals surface area contributed by atoms with Gasteiger partial charge in [-0.1, -0.05) is 68.5 Å². The lowest BCUT2D eigenvalue weighted by molar-refractivity contribution is 0.567. The van der Waals surface area contributed by atoms with Crippen LogP contribution in [0.5, 0.6) is 0 Å². The van der Waals surface area contributed by atoms with Crippen molar-refractivity contribution in [2.45, 2.75) is 60.0 Å². The minimum atomic E-state index is 0.260. The van der Waals surface area contributed by atoms with E-state index in [1.54, 1.807) is 0 Å². The van der Waals surface area contributed by atoms with Gasteiger partial charge in [-0.25, -0.2) is 0 Å². The third kappa shape index (κ3) is 8.39. The van der Waals surface area contributed by atoms with Crippen molar-refractivity contribution < 1.29 is 0 Å². The third-order valence-corrected chi connectivity index (χ3v) is 5.10. The number of rotatable bonds is 9. The van der Waals surface area contributed by atoms with E-state index in [1.807, 2.05) is 26.8 Å². The number of aryl methyl sites for hydroxylation is 3. The van der Waals surface area contributed by atoms with Crippen molar-refractivity contribution in [1.29, 1.82) is 0 Å². The standard InChI is InChI=1S/C26H31N3.C2H6/c1-19-8-11-23(12-9-19)13-10-21(3)28-25-16-14-24(15-17-25)22(4)27-18-26-7-5-6-20(2)29-26;1-2/h5-9,11-12,14-17,22,27-28H,3,10,13,18H2,1-2,4H3;1-2H3/t22-;/m0./s1. The lowest BCUT2D eigenvalue weighted by atomic mass is 10.1. The quantitative estimate of drug-likeness (QED) is 0.390. The van der Waals surface area contributed by atoms with Gasteiger partial charge in [0.15, 0.2) is 0 Å². The van der Waals surface area contributed by atoms with Crippen LogP contribution in [0.2, 0.25) is 0 Å². The molecular weight excluding hydrogens is 378 g/mol. The molecule has 0 fully saturated rings. The molecule has 0 spiro atoms. The second-order valence-electron chi connectivity index (χ2n) is 7.71. The molecule has 0 aliphatic heterocycles. The van der Waals surface area contributed by atoms with Crippen LogP contribution in [0.4, 0.5) is 5.69 Å². The van der Waals surface area contributed by atoms with Gasteiger partial charge in [0.1, 0.15) is 0 Å². The Kier molecular flexibility index (Phi) is 9.99. The Hall–Kier alpha value is -2.91. The zero-order valence-electron chi connectivity index (χ0n) is 19.7. The molecule has 3 aromatic rings. The fourth-order valence-corrected chi connectivity index (χ4v) is 3.25. The highest BCUT2D eigenvalue weighted by Gasteiger charge is 2.06. The Morgan fingerprint density at radius 1 is 0.935 bits per heavy atom. The number of allylic oxidation sites excluding steroid dienone is 1. The van der Waals surface area contributed by atoms with Crippen LogP contribution in [0, 0.1) is 13.8 Å². The number of anilines is 1. The van der Waals surface area contributed by atoms with Gasteiger partial charge in [0.2, 0.25) is 0 Å². The van der Waals surface area contributed by atoms with Gasteiger partial charge < -0.3 is 10.6 Å². The molecule has 0 radical (unpaired) electrons. The lowest BCUT2D eigenvalue weighted by Gasteiger charge is -2.16. The zero-order chi connectivity index (χ0) is 22.6. The maximum Gasteiger partial charge on any atom is 0.0545 e. The molecule has 2 N–H and O–H groups in total. The van der Waals surface area contributed by atoms with Crippen LogP contribution in [-0.4, -0.2) is 4.98 Å². The predicted molar refractivity (Wildman–Crippen MR) is 134 cm³/mol. The first-order chi connectivity index (χ1) is 15.0. The molecule has 1 atom stereocenters. The van der Waals surface area contributed by atoms with E-state index in [0.29, 0.717) is 0 Å². The van der Waals surface area contributed by atoms with Crippen LogP contribution in [0.1, 0.15) is 61.3 Å². The second-order valence-corrected chi connectivity index (χ2v) is 7.71. The molecule has 0 unspecified atom stereocenters. The van der Waals surface area contributed by atoms with Crippen LogP contribution >= 0.6 is 0 Å². The van der Waals surface area contributed by atoms with Crippen LogP contribution < -0.4 is 10.6 Å². The maximum absolute atomic E-state index is 4.55. The molecule has 1 aromatic heterocycles. The van der Waals surface area contributed by atoms with Crippen LogP contribution in [0.25, 0.3) is 0 Å². The molecule has 0 aliphatic rings. The predicted octanol–water partition coefficient (Wildman–Crippen LogP) is 7.13. The highest BCUT2D eigenvalue weighted by Crippen LogP contribution is 2.19. The zero-order valence-corrected chi connectivity index (χ0v) is 19.7. The number of benzene rings is 2. The van der Waals surface area contributed by atoms with Crippen molar-refractivity contribution in [3.05, 3.63) is 107 Å². The van der Waals surface area contributed by atoms with Crippen LogP contribution in [-0.2, 0) is 13.0 Å². The number of pyridine rings is 1. The average molecular weight is 416 g/mol. The van der Waals surface area contributed by atoms with E-state index in [-0.39, 0.29) is 6.04 Å². The van der Waals surface area contributed by atoms with Crippen molar-refractivity contribution in [3.8, 4) is 0 Å². The van der Waals surface area contributed by atoms with Gasteiger partial charge in [-0.2, -0.15) is 0 Å². The first-order valence-electron chi connectivity index (χ1n) is 11.3. The highest BCUT2D eigenvalue weighted by molar-refractivity contribution is 5.49. The Bertz CT molecular complexity index is 927. The van der Waals surface area contributed by atoms with E-state index in [9.17, 15) is 0 Å². The maximum atomic E-state index is 4.55. The van der Waals surface area contributed by atoms with Gasteiger partial charge in [0.05, 0.1) is 5.69 Å². The van der Waals surface area contributed by atoms with E-state index < -0.39 is 0 Å². The average Bonchev–Trinajstić information content (AvgIpc) is 2.79. The SMILES string of the molecule is C=C(CCc1ccc(C)cc1)Nc1ccc([C@H](C)NCc2cccc(C)n2)cc1.CC. The van der Waals surface area contributed by atoms with Crippen LogP contribution in [0.15, 0.2) is 79.0 Å². The number of nitrogens with zero attached hydrogens (tertiary/aromatic N) is 1. The molecule has 1 heterocycles. The molecule has 3 rings (SSSR count). The molecule has 2 aromatic carbocycles. The molecule has 0 saturated carbocycles. The van der Waals surface area contributed by atoms with Gasteiger partial charge in [-0.3, -0.25) is 4.98 Å². The molecule has 164 valence electrons. The van der Waals surface area contributed by atoms with Crippen molar-refractivity contribution >= 4 is 5.69 Å². The van der Waals surface area contributed by atoms with Crippen molar-refractivity contribution in [2.75, 3.05) is 5.32 Å². The molecule has 0 aliphatic carbocycles. The molecule has 0 bridgehead atoms. The summed E-state index contributed by atoms with van der Waals surface area (Å²) < 4.78 is 0. The molecular formula is C28H37N3. The molecule has 31 heavy (non-hydrogen) atoms. The van der Waals surface area contributed by atoms with Gasteiger partial charge in [-0.15, -0.1) is 0 Å². The molecule has 0 amide bonds. The summed E-state index contributed by atoms with van der Waals surface area (Å²) in [6.45, 7) is 15.3. The lowest BCUT2D eigenvalue weighted by Crippen LogP contribution is -2.18. The van der Waals surface area contributed by atoms with Gasteiger partial charge in [0, 0.05) is 29.7 Å². The topological polar surface area (TPSA) is 37.0 Å². The van der Waals surface area contributed by atoms with E-state index in [1.165, 1.54) is 16.7 Å². The molecule has 3 nitrogen and oxygen atoms in total. The molecule has 3 heteroatoms. The summed E-state index contributed by atoms with van der Waals surface area (Å²) in [5.74, 6) is 0. The second kappa shape index (κ2) is 12.7. The minimum Gasteiger partial charge on any atom is -0.359 e. The smallest absolute Gasteiger partial charge is 0.0545 e. The Labute approximate surface area is 188 Å². The Balaban J connectivity index is 0.00000166. The minimum absolute atomic E-state index is 0.260. The van der Waals surface area contributed by atoms with Crippen molar-refractivity contribution in [2.24, 2.45) is 0 Å². The fourth-order valence-electron chi connectivity index (χ4n) is 3.25. The largest absolute Gasteiger partial charge is 0.359 e. The van der Waals surface area contributed by atoms with Gasteiger partial charge >= 0.3 is 0 Å². The summed E-state index contributed by atoms with van der Waals surface area (Å²) in [5.41, 5.74) is 8.13. The number of aromatic nitrogens is 1. The number of hydrogen-bond acceptors (Lipinski definition) is 3. The molecule has 0 saturated heterocycles. The van der Waals surface area contributed by atoms with E-state index in [0.717, 1.165) is 42.2 Å². The summed E-state index contributed by atoms with van der Waals surface area (Å²) in [6, 6.07) is 23.7. The summed E-state index contributed by atoms with van der Waals surface area (Å²) >= 11 is 0. The Morgan fingerprint density at radius 3 is 2.26 bits per heavy atom. The number of hydrogen-bond donors (Lipinski definition) is 2. The third-order valence-electron chi connectivity index (χ3n) is 5.10. The van der Waals surface area contributed by atoms with E-state index in [2.05, 4.69) is 96.7 Å². The monoisotopic (exact) mass is 415 g/mol. The Morgan fingerprint density at radius 2 is 1.61 bits per heavy atom. The van der Waals surface area contributed by atoms with Crippen molar-refractivity contribution in [3.63, 3.8) is 0 Å². The van der Waals surface area contributed by atoms with E-state index in [4.69, 9.17) is 0 Å². The first kappa shape index (κ1) is 24.4. The van der Waals surface area contributed by atoms with Gasteiger partial charge in [-0.05, 0) is 69.0 Å². The van der Waals surface area contributed by atoms with Gasteiger partial charge in [0.25, 0.3) is 0 Å². The number of nitrogens with one attached hydrogen (secondary N) is 2.